The van der Waals surface area contributed by atoms with Crippen LogP contribution in [0.4, 0.5) is 4.79 Å². The van der Waals surface area contributed by atoms with Crippen LogP contribution in [-0.2, 0) is 35.1 Å². The zero-order valence-corrected chi connectivity index (χ0v) is 29.1. The monoisotopic (exact) mass is 652 g/mol. The van der Waals surface area contributed by atoms with Gasteiger partial charge in [0.05, 0.1) is 6.42 Å². The van der Waals surface area contributed by atoms with Crippen molar-refractivity contribution in [3.05, 3.63) is 71.3 Å². The maximum atomic E-state index is 14.4. The number of nitrogens with one attached hydrogen (secondary N) is 2. The zero-order valence-electron chi connectivity index (χ0n) is 29.1. The van der Waals surface area contributed by atoms with Gasteiger partial charge in [-0.3, -0.25) is 14.4 Å². The average Bonchev–Trinajstić information content (AvgIpc) is 2.95. The van der Waals surface area contributed by atoms with Crippen molar-refractivity contribution in [3.8, 4) is 0 Å². The smallest absolute Gasteiger partial charge is 0.408 e. The van der Waals surface area contributed by atoms with Crippen LogP contribution in [0.15, 0.2) is 54.6 Å². The van der Waals surface area contributed by atoms with E-state index in [0.29, 0.717) is 12.0 Å². The molecular weight excluding hydrogens is 600 g/mol. The van der Waals surface area contributed by atoms with Crippen LogP contribution in [0, 0.1) is 6.92 Å². The molecule has 11 heteroatoms. The second-order valence-electron chi connectivity index (χ2n) is 13.7. The standard InChI is InChI=1S/C36H52N4O7/c1-9-10-14-21-40(32(43)27(23-29(37)41)39-34(45)47-36(6,7)8)30(26-19-17-24(2)18-20-26)31(42)38-28(33(44)46-35(3,4)5)22-25-15-12-11-13-16-25/h11-13,15-20,27-28,30H,9-10,14,21-23H2,1-8H3,(H2,37,41)(H,38,42)(H,39,45). The number of esters is 1. The van der Waals surface area contributed by atoms with Crippen LogP contribution in [0.3, 0.4) is 0 Å². The van der Waals surface area contributed by atoms with E-state index >= 15 is 0 Å². The first-order chi connectivity index (χ1) is 21.9. The zero-order chi connectivity index (χ0) is 35.4. The Morgan fingerprint density at radius 2 is 1.40 bits per heavy atom. The number of unbranched alkanes of at least 4 members (excludes halogenated alkanes) is 2. The number of primary amides is 1. The molecule has 2 aromatic rings. The van der Waals surface area contributed by atoms with Gasteiger partial charge in [0.15, 0.2) is 0 Å². The molecule has 0 radical (unpaired) electrons. The fourth-order valence-corrected chi connectivity index (χ4v) is 4.84. The Balaban J connectivity index is 2.62. The summed E-state index contributed by atoms with van der Waals surface area (Å²) in [5, 5.41) is 5.36. The second kappa shape index (κ2) is 17.5. The Morgan fingerprint density at radius 1 is 0.809 bits per heavy atom. The van der Waals surface area contributed by atoms with E-state index in [0.717, 1.165) is 24.0 Å². The molecule has 0 aliphatic heterocycles. The van der Waals surface area contributed by atoms with Gasteiger partial charge >= 0.3 is 12.1 Å². The molecule has 0 saturated heterocycles. The second-order valence-corrected chi connectivity index (χ2v) is 13.7. The summed E-state index contributed by atoms with van der Waals surface area (Å²) in [6.07, 6.45) is 0.848. The summed E-state index contributed by atoms with van der Waals surface area (Å²) in [6.45, 7) is 14.3. The summed E-state index contributed by atoms with van der Waals surface area (Å²) in [4.78, 5) is 68.4. The molecule has 258 valence electrons. The maximum absolute atomic E-state index is 14.4. The molecule has 0 spiro atoms. The van der Waals surface area contributed by atoms with E-state index in [4.69, 9.17) is 15.2 Å². The number of hydrogen-bond acceptors (Lipinski definition) is 7. The summed E-state index contributed by atoms with van der Waals surface area (Å²) in [5.41, 5.74) is 6.04. The van der Waals surface area contributed by atoms with Gasteiger partial charge in [-0.05, 0) is 66.0 Å². The fraction of sp³-hybridized carbons (Fsp3) is 0.528. The van der Waals surface area contributed by atoms with Gasteiger partial charge in [-0.2, -0.15) is 0 Å². The molecule has 47 heavy (non-hydrogen) atoms. The SMILES string of the molecule is CCCCCN(C(=O)C(CC(N)=O)NC(=O)OC(C)(C)C)C(C(=O)NC(Cc1ccccc1)C(=O)OC(C)(C)C)c1ccc(C)cc1. The van der Waals surface area contributed by atoms with E-state index in [1.807, 2.05) is 56.3 Å². The predicted molar refractivity (Wildman–Crippen MR) is 180 cm³/mol. The molecule has 3 atom stereocenters. The largest absolute Gasteiger partial charge is 0.458 e. The number of benzene rings is 2. The van der Waals surface area contributed by atoms with Crippen LogP contribution >= 0.6 is 0 Å². The van der Waals surface area contributed by atoms with Gasteiger partial charge in [-0.15, -0.1) is 0 Å². The molecule has 2 aromatic carbocycles. The molecule has 0 saturated carbocycles. The van der Waals surface area contributed by atoms with Crippen molar-refractivity contribution in [1.29, 1.82) is 0 Å². The van der Waals surface area contributed by atoms with Gasteiger partial charge < -0.3 is 30.7 Å². The number of carbonyl (C=O) groups excluding carboxylic acids is 5. The van der Waals surface area contributed by atoms with E-state index in [1.54, 1.807) is 53.7 Å². The normalized spacial score (nSPS) is 13.4. The van der Waals surface area contributed by atoms with Crippen LogP contribution in [-0.4, -0.2) is 64.5 Å². The summed E-state index contributed by atoms with van der Waals surface area (Å²) >= 11 is 0. The summed E-state index contributed by atoms with van der Waals surface area (Å²) in [5.74, 6) is -2.76. The minimum Gasteiger partial charge on any atom is -0.458 e. The summed E-state index contributed by atoms with van der Waals surface area (Å²) < 4.78 is 11.0. The van der Waals surface area contributed by atoms with Crippen molar-refractivity contribution in [2.75, 3.05) is 6.54 Å². The third-order valence-electron chi connectivity index (χ3n) is 6.92. The van der Waals surface area contributed by atoms with E-state index in [-0.39, 0.29) is 13.0 Å². The van der Waals surface area contributed by atoms with Crippen molar-refractivity contribution in [1.82, 2.24) is 15.5 Å². The van der Waals surface area contributed by atoms with Crippen LogP contribution in [0.1, 0.15) is 96.9 Å². The number of carbonyl (C=O) groups is 5. The number of nitrogens with zero attached hydrogens (tertiary/aromatic N) is 1. The molecule has 2 rings (SSSR count). The molecule has 4 N–H and O–H groups in total. The van der Waals surface area contributed by atoms with Gasteiger partial charge in [0, 0.05) is 13.0 Å². The van der Waals surface area contributed by atoms with Crippen molar-refractivity contribution in [2.45, 2.75) is 117 Å². The van der Waals surface area contributed by atoms with E-state index < -0.39 is 65.5 Å². The van der Waals surface area contributed by atoms with Gasteiger partial charge in [-0.1, -0.05) is 79.9 Å². The first kappa shape index (κ1) is 38.8. The predicted octanol–water partition coefficient (Wildman–Crippen LogP) is 4.89. The Bertz CT molecular complexity index is 1350. The molecule has 0 aliphatic carbocycles. The number of ether oxygens (including phenoxy) is 2. The number of rotatable bonds is 15. The average molecular weight is 653 g/mol. The first-order valence-electron chi connectivity index (χ1n) is 16.1. The molecule has 3 unspecified atom stereocenters. The number of nitrogens with two attached hydrogens (primary N) is 1. The molecule has 4 amide bonds. The molecule has 0 aliphatic rings. The lowest BCUT2D eigenvalue weighted by molar-refractivity contribution is -0.159. The van der Waals surface area contributed by atoms with Crippen LogP contribution in [0.2, 0.25) is 0 Å². The Labute approximate surface area is 278 Å². The topological polar surface area (TPSA) is 157 Å². The van der Waals surface area contributed by atoms with Crippen molar-refractivity contribution >= 4 is 29.8 Å². The molecule has 0 aromatic heterocycles. The first-order valence-corrected chi connectivity index (χ1v) is 16.1. The minimum atomic E-state index is -1.41. The highest BCUT2D eigenvalue weighted by molar-refractivity contribution is 5.95. The van der Waals surface area contributed by atoms with E-state index in [1.165, 1.54) is 4.90 Å². The van der Waals surface area contributed by atoms with Crippen LogP contribution in [0.25, 0.3) is 0 Å². The van der Waals surface area contributed by atoms with Crippen molar-refractivity contribution in [3.63, 3.8) is 0 Å². The fourth-order valence-electron chi connectivity index (χ4n) is 4.84. The van der Waals surface area contributed by atoms with Crippen LogP contribution in [0.5, 0.6) is 0 Å². The number of hydrogen-bond donors (Lipinski definition) is 3. The van der Waals surface area contributed by atoms with Gasteiger partial charge in [0.25, 0.3) is 0 Å². The molecule has 0 fully saturated rings. The Hall–Kier alpha value is -4.41. The highest BCUT2D eigenvalue weighted by atomic mass is 16.6. The summed E-state index contributed by atoms with van der Waals surface area (Å²) in [6, 6.07) is 12.6. The van der Waals surface area contributed by atoms with Gasteiger partial charge in [-0.25, -0.2) is 9.59 Å². The molecule has 0 bridgehead atoms. The van der Waals surface area contributed by atoms with E-state index in [2.05, 4.69) is 10.6 Å². The minimum absolute atomic E-state index is 0.125. The maximum Gasteiger partial charge on any atom is 0.408 e. The molecule has 11 nitrogen and oxygen atoms in total. The Kier molecular flexibility index (Phi) is 14.4. The molecule has 0 heterocycles. The van der Waals surface area contributed by atoms with Gasteiger partial charge in [0.1, 0.15) is 29.3 Å². The summed E-state index contributed by atoms with van der Waals surface area (Å²) in [7, 11) is 0. The quantitative estimate of drug-likeness (QED) is 0.183. The number of amides is 4. The van der Waals surface area contributed by atoms with Crippen LogP contribution < -0.4 is 16.4 Å². The highest BCUT2D eigenvalue weighted by Gasteiger charge is 2.38. The lowest BCUT2D eigenvalue weighted by Gasteiger charge is -2.35. The lowest BCUT2D eigenvalue weighted by Crippen LogP contribution is -2.55. The lowest BCUT2D eigenvalue weighted by atomic mass is 9.99. The third-order valence-corrected chi connectivity index (χ3v) is 6.92. The number of aryl methyl sites for hydroxylation is 1. The Morgan fingerprint density at radius 3 is 1.94 bits per heavy atom. The van der Waals surface area contributed by atoms with Crippen molar-refractivity contribution < 1.29 is 33.4 Å². The highest BCUT2D eigenvalue weighted by Crippen LogP contribution is 2.25. The molecular formula is C36H52N4O7. The van der Waals surface area contributed by atoms with E-state index in [9.17, 15) is 24.0 Å². The van der Waals surface area contributed by atoms with Crippen molar-refractivity contribution in [2.24, 2.45) is 5.73 Å². The third kappa shape index (κ3) is 13.9. The van der Waals surface area contributed by atoms with Gasteiger partial charge in [0.2, 0.25) is 17.7 Å². The number of alkyl carbamates (subject to hydrolysis) is 1.